The Labute approximate surface area is 106 Å². The predicted molar refractivity (Wildman–Crippen MR) is 75.0 cm³/mol. The van der Waals surface area contributed by atoms with E-state index in [1.807, 2.05) is 26.8 Å². The number of halogens is 1. The van der Waals surface area contributed by atoms with Crippen molar-refractivity contribution < 1.29 is 4.39 Å². The first-order valence-electron chi connectivity index (χ1n) is 6.55. The van der Waals surface area contributed by atoms with Gasteiger partial charge >= 0.3 is 0 Å². The molecular weight excluding hydrogens is 211 g/mol. The summed E-state index contributed by atoms with van der Waals surface area (Å²) in [5.41, 5.74) is 2.62. The van der Waals surface area contributed by atoms with Crippen LogP contribution in [0.4, 0.5) is 4.39 Å². The van der Waals surface area contributed by atoms with Gasteiger partial charge in [0.15, 0.2) is 0 Å². The third-order valence-electron chi connectivity index (χ3n) is 2.69. The van der Waals surface area contributed by atoms with Crippen LogP contribution in [0.15, 0.2) is 18.2 Å². The van der Waals surface area contributed by atoms with Crippen LogP contribution in [0.3, 0.4) is 0 Å². The Morgan fingerprint density at radius 3 is 2.18 bits per heavy atom. The summed E-state index contributed by atoms with van der Waals surface area (Å²) in [6.07, 6.45) is 1.08. The Morgan fingerprint density at radius 2 is 1.71 bits per heavy atom. The van der Waals surface area contributed by atoms with Crippen molar-refractivity contribution >= 4 is 0 Å². The number of benzene rings is 1. The molecule has 0 nitrogen and oxygen atoms in total. The Balaban J connectivity index is 0.00000121. The van der Waals surface area contributed by atoms with E-state index >= 15 is 0 Å². The first-order valence-corrected chi connectivity index (χ1v) is 6.55. The number of hydrogen-bond donors (Lipinski definition) is 0. The zero-order valence-corrected chi connectivity index (χ0v) is 12.4. The van der Waals surface area contributed by atoms with Crippen molar-refractivity contribution in [2.24, 2.45) is 5.41 Å². The van der Waals surface area contributed by atoms with Crippen LogP contribution in [-0.2, 0) is 0 Å². The first-order chi connectivity index (χ1) is 7.79. The minimum Gasteiger partial charge on any atom is -0.207 e. The molecule has 0 amide bonds. The molecule has 0 saturated carbocycles. The van der Waals surface area contributed by atoms with Gasteiger partial charge in [-0.05, 0) is 47.9 Å². The Kier molecular flexibility index (Phi) is 6.44. The van der Waals surface area contributed by atoms with Crippen molar-refractivity contribution in [3.05, 3.63) is 35.1 Å². The van der Waals surface area contributed by atoms with E-state index in [2.05, 4.69) is 27.7 Å². The second kappa shape index (κ2) is 6.78. The monoisotopic (exact) mass is 238 g/mol. The SMILES string of the molecule is CC.Cc1ccc(F)cc1C(C)CC(C)(C)C. The summed E-state index contributed by atoms with van der Waals surface area (Å²) >= 11 is 0. The Morgan fingerprint density at radius 1 is 1.18 bits per heavy atom. The van der Waals surface area contributed by atoms with Gasteiger partial charge in [-0.1, -0.05) is 47.6 Å². The standard InChI is InChI=1S/C14H21F.C2H6/c1-10-6-7-12(15)8-13(10)11(2)9-14(3,4)5;1-2/h6-8,11H,9H2,1-5H3;1-2H3. The fourth-order valence-electron chi connectivity index (χ4n) is 2.17. The van der Waals surface area contributed by atoms with Crippen LogP contribution in [0.1, 0.15) is 65.0 Å². The molecule has 98 valence electrons. The van der Waals surface area contributed by atoms with Crippen LogP contribution in [0, 0.1) is 18.2 Å². The van der Waals surface area contributed by atoms with Crippen molar-refractivity contribution in [1.82, 2.24) is 0 Å². The Bertz CT molecular complexity index is 334. The van der Waals surface area contributed by atoms with Gasteiger partial charge in [-0.2, -0.15) is 0 Å². The highest BCUT2D eigenvalue weighted by atomic mass is 19.1. The minimum atomic E-state index is -0.128. The highest BCUT2D eigenvalue weighted by Crippen LogP contribution is 2.32. The van der Waals surface area contributed by atoms with Crippen molar-refractivity contribution in [3.8, 4) is 0 Å². The number of rotatable bonds is 2. The summed E-state index contributed by atoms with van der Waals surface area (Å²) in [4.78, 5) is 0. The van der Waals surface area contributed by atoms with Gasteiger partial charge in [-0.15, -0.1) is 0 Å². The lowest BCUT2D eigenvalue weighted by atomic mass is 9.81. The summed E-state index contributed by atoms with van der Waals surface area (Å²) < 4.78 is 13.1. The maximum atomic E-state index is 13.1. The van der Waals surface area contributed by atoms with Crippen LogP contribution in [-0.4, -0.2) is 0 Å². The molecule has 0 aliphatic heterocycles. The Hall–Kier alpha value is -0.850. The lowest BCUT2D eigenvalue weighted by molar-refractivity contribution is 0.348. The molecule has 0 spiro atoms. The second-order valence-corrected chi connectivity index (χ2v) is 5.67. The predicted octanol–water partition coefficient (Wildman–Crippen LogP) is 5.70. The molecule has 1 unspecified atom stereocenters. The van der Waals surface area contributed by atoms with E-state index in [0.717, 1.165) is 12.0 Å². The van der Waals surface area contributed by atoms with E-state index in [1.54, 1.807) is 6.07 Å². The van der Waals surface area contributed by atoms with Crippen LogP contribution < -0.4 is 0 Å². The van der Waals surface area contributed by atoms with Gasteiger partial charge in [0, 0.05) is 0 Å². The lowest BCUT2D eigenvalue weighted by Crippen LogP contribution is -2.10. The largest absolute Gasteiger partial charge is 0.207 e. The van der Waals surface area contributed by atoms with E-state index < -0.39 is 0 Å². The maximum absolute atomic E-state index is 13.1. The molecule has 0 radical (unpaired) electrons. The highest BCUT2D eigenvalue weighted by molar-refractivity contribution is 5.29. The highest BCUT2D eigenvalue weighted by Gasteiger charge is 2.18. The molecule has 0 saturated heterocycles. The summed E-state index contributed by atoms with van der Waals surface area (Å²) in [5.74, 6) is 0.289. The summed E-state index contributed by atoms with van der Waals surface area (Å²) in [7, 11) is 0. The summed E-state index contributed by atoms with van der Waals surface area (Å²) in [6.45, 7) is 14.9. The molecule has 0 aliphatic rings. The van der Waals surface area contributed by atoms with Gasteiger partial charge in [0.2, 0.25) is 0 Å². The van der Waals surface area contributed by atoms with E-state index in [-0.39, 0.29) is 11.2 Å². The average molecular weight is 238 g/mol. The summed E-state index contributed by atoms with van der Waals surface area (Å²) in [6, 6.07) is 5.07. The van der Waals surface area contributed by atoms with Crippen LogP contribution in [0.2, 0.25) is 0 Å². The van der Waals surface area contributed by atoms with Gasteiger partial charge in [-0.25, -0.2) is 4.39 Å². The van der Waals surface area contributed by atoms with Gasteiger partial charge in [0.25, 0.3) is 0 Å². The molecule has 0 N–H and O–H groups in total. The third-order valence-corrected chi connectivity index (χ3v) is 2.69. The van der Waals surface area contributed by atoms with Crippen LogP contribution >= 0.6 is 0 Å². The van der Waals surface area contributed by atoms with Crippen molar-refractivity contribution in [2.75, 3.05) is 0 Å². The van der Waals surface area contributed by atoms with E-state index in [0.29, 0.717) is 5.92 Å². The molecule has 0 heterocycles. The summed E-state index contributed by atoms with van der Waals surface area (Å²) in [5, 5.41) is 0. The molecule has 0 fully saturated rings. The van der Waals surface area contributed by atoms with Crippen molar-refractivity contribution in [2.45, 2.75) is 60.8 Å². The zero-order chi connectivity index (χ0) is 13.6. The molecule has 1 atom stereocenters. The van der Waals surface area contributed by atoms with Crippen LogP contribution in [0.5, 0.6) is 0 Å². The number of hydrogen-bond acceptors (Lipinski definition) is 0. The lowest BCUT2D eigenvalue weighted by Gasteiger charge is -2.24. The molecule has 0 aliphatic carbocycles. The van der Waals surface area contributed by atoms with Gasteiger partial charge in [0.1, 0.15) is 5.82 Å². The van der Waals surface area contributed by atoms with Crippen molar-refractivity contribution in [3.63, 3.8) is 0 Å². The smallest absolute Gasteiger partial charge is 0.123 e. The van der Waals surface area contributed by atoms with Gasteiger partial charge in [-0.3, -0.25) is 0 Å². The van der Waals surface area contributed by atoms with Gasteiger partial charge in [0.05, 0.1) is 0 Å². The molecule has 0 bridgehead atoms. The quantitative estimate of drug-likeness (QED) is 0.620. The topological polar surface area (TPSA) is 0 Å². The molecule has 1 rings (SSSR count). The molecule has 0 aromatic heterocycles. The van der Waals surface area contributed by atoms with E-state index in [9.17, 15) is 4.39 Å². The third kappa shape index (κ3) is 5.86. The molecule has 17 heavy (non-hydrogen) atoms. The van der Waals surface area contributed by atoms with E-state index in [1.165, 1.54) is 11.6 Å². The molecular formula is C16H27F. The minimum absolute atomic E-state index is 0.128. The first kappa shape index (κ1) is 16.1. The molecule has 1 heteroatoms. The average Bonchev–Trinajstić information content (AvgIpc) is 2.22. The fraction of sp³-hybridized carbons (Fsp3) is 0.625. The second-order valence-electron chi connectivity index (χ2n) is 5.67. The van der Waals surface area contributed by atoms with Gasteiger partial charge < -0.3 is 0 Å². The zero-order valence-electron chi connectivity index (χ0n) is 12.4. The fourth-order valence-corrected chi connectivity index (χ4v) is 2.17. The maximum Gasteiger partial charge on any atom is 0.123 e. The van der Waals surface area contributed by atoms with E-state index in [4.69, 9.17) is 0 Å². The number of aryl methyl sites for hydroxylation is 1. The molecule has 1 aromatic carbocycles. The van der Waals surface area contributed by atoms with Crippen LogP contribution in [0.25, 0.3) is 0 Å². The normalized spacial score (nSPS) is 12.7. The molecule has 1 aromatic rings. The van der Waals surface area contributed by atoms with Crippen molar-refractivity contribution in [1.29, 1.82) is 0 Å².